The molecule has 2 saturated heterocycles. The van der Waals surface area contributed by atoms with Gasteiger partial charge >= 0.3 is 11.9 Å². The third-order valence-electron chi connectivity index (χ3n) is 20.0. The van der Waals surface area contributed by atoms with Gasteiger partial charge in [-0.2, -0.15) is 0 Å². The number of aliphatic hydroxyl groups is 2. The van der Waals surface area contributed by atoms with Crippen molar-refractivity contribution in [3.05, 3.63) is 70.8 Å². The summed E-state index contributed by atoms with van der Waals surface area (Å²) in [6.07, 6.45) is 6.33. The van der Waals surface area contributed by atoms with Crippen LogP contribution in [-0.4, -0.2) is 222 Å². The van der Waals surface area contributed by atoms with Crippen LogP contribution in [0.15, 0.2) is 58.5 Å². The number of guanidine groups is 2. The second-order valence-electron chi connectivity index (χ2n) is 26.5. The first-order valence-electron chi connectivity index (χ1n) is 34.1. The molecule has 0 bridgehead atoms. The summed E-state index contributed by atoms with van der Waals surface area (Å²) < 4.78 is 0. The second-order valence-corrected chi connectivity index (χ2v) is 26.5. The summed E-state index contributed by atoms with van der Waals surface area (Å²) in [4.78, 5) is 171. The van der Waals surface area contributed by atoms with E-state index in [0.717, 1.165) is 25.7 Å². The second kappa shape index (κ2) is 35.0. The van der Waals surface area contributed by atoms with Crippen molar-refractivity contribution >= 4 is 77.0 Å². The van der Waals surface area contributed by atoms with Crippen molar-refractivity contribution in [3.63, 3.8) is 0 Å². The van der Waals surface area contributed by atoms with E-state index in [1.807, 2.05) is 0 Å². The fourth-order valence-corrected chi connectivity index (χ4v) is 15.0. The predicted octanol–water partition coefficient (Wildman–Crippen LogP) is -3.26. The van der Waals surface area contributed by atoms with Gasteiger partial charge in [-0.3, -0.25) is 53.1 Å². The van der Waals surface area contributed by atoms with Crippen molar-refractivity contribution in [3.8, 4) is 0 Å². The van der Waals surface area contributed by atoms with E-state index in [-0.39, 0.29) is 114 Å². The highest BCUT2D eigenvalue weighted by molar-refractivity contribution is 6.00. The predicted molar refractivity (Wildman–Crippen MR) is 355 cm³/mol. The van der Waals surface area contributed by atoms with E-state index in [0.29, 0.717) is 60.8 Å². The molecular weight excluding hydrogens is 1270 g/mol. The number of aliphatic carboxylic acids is 2. The summed E-state index contributed by atoms with van der Waals surface area (Å²) in [6, 6.07) is -1.15. The van der Waals surface area contributed by atoms with Gasteiger partial charge in [0.05, 0.1) is 25.7 Å². The molecule has 8 rings (SSSR count). The first-order valence-corrected chi connectivity index (χ1v) is 34.1. The topological polar surface area (TPSA) is 523 Å². The molecule has 536 valence electrons. The number of likely N-dealkylation sites (tertiary alicyclic amines) is 2. The largest absolute Gasteiger partial charge is 0.480 e. The Balaban J connectivity index is 1.03. The lowest BCUT2D eigenvalue weighted by molar-refractivity contribution is -0.154. The molecule has 2 aliphatic carbocycles. The smallest absolute Gasteiger partial charge is 0.326 e. The third kappa shape index (κ3) is 18.6. The third-order valence-corrected chi connectivity index (χ3v) is 20.0. The van der Waals surface area contributed by atoms with Crippen molar-refractivity contribution < 1.29 is 73.2 Å². The van der Waals surface area contributed by atoms with E-state index >= 15 is 19.2 Å². The van der Waals surface area contributed by atoms with Gasteiger partial charge < -0.3 is 101 Å². The van der Waals surface area contributed by atoms with Gasteiger partial charge in [-0.15, -0.1) is 0 Å². The van der Waals surface area contributed by atoms with Crippen molar-refractivity contribution in [2.45, 2.75) is 214 Å². The van der Waals surface area contributed by atoms with Crippen LogP contribution in [0.25, 0.3) is 0 Å². The maximum atomic E-state index is 15.5. The number of carbonyl (C=O) groups excluding carboxylic acids is 9. The Morgan fingerprint density at radius 3 is 1.34 bits per heavy atom. The zero-order chi connectivity index (χ0) is 70.9. The van der Waals surface area contributed by atoms with E-state index in [4.69, 9.17) is 34.4 Å². The van der Waals surface area contributed by atoms with Crippen molar-refractivity contribution in [1.29, 1.82) is 0 Å². The summed E-state index contributed by atoms with van der Waals surface area (Å²) >= 11 is 0. The minimum absolute atomic E-state index is 0.0253. The fourth-order valence-electron chi connectivity index (χ4n) is 15.0. The average Bonchev–Trinajstić information content (AvgIpc) is 1.50. The zero-order valence-corrected chi connectivity index (χ0v) is 55.2. The number of nitrogens with two attached hydrogens (primary N) is 6. The van der Waals surface area contributed by atoms with Gasteiger partial charge in [0.15, 0.2) is 11.9 Å². The molecular formula is C66H97N17O15. The monoisotopic (exact) mass is 1370 g/mol. The number of rotatable bonds is 31. The summed E-state index contributed by atoms with van der Waals surface area (Å²) in [5, 5.41) is 55.1. The zero-order valence-electron chi connectivity index (χ0n) is 55.2. The van der Waals surface area contributed by atoms with Crippen LogP contribution in [-0.2, 0) is 78.7 Å². The van der Waals surface area contributed by atoms with Crippen molar-refractivity contribution in [2.24, 2.45) is 56.2 Å². The van der Waals surface area contributed by atoms with Gasteiger partial charge in [-0.1, -0.05) is 80.6 Å². The summed E-state index contributed by atoms with van der Waals surface area (Å²) in [5.74, 6) is -10.9. The van der Waals surface area contributed by atoms with Crippen LogP contribution in [0, 0.1) is 11.8 Å². The van der Waals surface area contributed by atoms with Gasteiger partial charge in [-0.25, -0.2) is 9.59 Å². The molecule has 98 heavy (non-hydrogen) atoms. The van der Waals surface area contributed by atoms with Crippen LogP contribution in [0.5, 0.6) is 0 Å². The van der Waals surface area contributed by atoms with Gasteiger partial charge in [-0.05, 0) is 118 Å². The van der Waals surface area contributed by atoms with Crippen LogP contribution < -0.4 is 61.0 Å². The lowest BCUT2D eigenvalue weighted by Gasteiger charge is -2.42. The van der Waals surface area contributed by atoms with E-state index in [2.05, 4.69) is 36.6 Å². The highest BCUT2D eigenvalue weighted by Gasteiger charge is 2.54. The van der Waals surface area contributed by atoms with Crippen LogP contribution in [0.4, 0.5) is 0 Å². The lowest BCUT2D eigenvalue weighted by atomic mass is 9.84. The maximum absolute atomic E-state index is 15.5. The highest BCUT2D eigenvalue weighted by atomic mass is 16.4. The molecule has 2 saturated carbocycles. The molecule has 32 heteroatoms. The molecule has 0 spiro atoms. The minimum atomic E-state index is -1.89. The number of nitrogens with zero attached hydrogens (tertiary/aromatic N) is 6. The van der Waals surface area contributed by atoms with Gasteiger partial charge in [0.1, 0.15) is 54.4 Å². The number of aliphatic imine (C=N–C) groups is 2. The first-order chi connectivity index (χ1) is 46.9. The van der Waals surface area contributed by atoms with E-state index in [9.17, 15) is 54.0 Å². The number of hydrogen-bond acceptors (Lipinski definition) is 17. The highest BCUT2D eigenvalue weighted by Crippen LogP contribution is 2.43. The summed E-state index contributed by atoms with van der Waals surface area (Å²) in [6.45, 7) is -1.99. The Hall–Kier alpha value is -9.01. The number of aliphatic hydroxyl groups excluding tert-OH is 2. The van der Waals surface area contributed by atoms with E-state index in [1.165, 1.54) is 19.6 Å². The number of carboxylic acids is 2. The Morgan fingerprint density at radius 1 is 0.500 bits per heavy atom. The Morgan fingerprint density at radius 2 is 0.918 bits per heavy atom. The number of unbranched alkanes of at least 4 members (excludes halogenated alkanes) is 1. The number of benzene rings is 2. The number of hydrogen-bond donors (Lipinski definition) is 15. The van der Waals surface area contributed by atoms with Gasteiger partial charge in [0.25, 0.3) is 0 Å². The van der Waals surface area contributed by atoms with Gasteiger partial charge in [0.2, 0.25) is 53.2 Å². The molecule has 21 N–H and O–H groups in total. The molecule has 9 amide bonds. The SMILES string of the molecule is NCCCC[C@H](N)C(=O)N[C@H](CC(=O)N[C@@H](CO)C(=O)N1Cc2ccccc2C[C@@H]1C(=O)N1C2CCCCC2C[C@H]1C(=O)N[C@@H](CCCN=C(N)N)C(=O)O)C(=O)N[C@@H](CO)C(=O)N1Cc2ccccc2C[C@@H]1C(=O)N1C2CCCCC2C[C@H]1C(=O)N[C@@H](CCCN=C(N)N)C(=O)O. The number of carboxylic acid groups (broad SMARTS) is 2. The molecule has 14 atom stereocenters. The van der Waals surface area contributed by atoms with E-state index in [1.54, 1.807) is 48.5 Å². The fraction of sp³-hybridized carbons (Fsp3) is 0.621. The summed E-state index contributed by atoms with van der Waals surface area (Å²) in [5.41, 5.74) is 36.5. The molecule has 0 radical (unpaired) electrons. The Bertz CT molecular complexity index is 3290. The number of fused-ring (bicyclic) bond motifs is 4. The van der Waals surface area contributed by atoms with Crippen molar-refractivity contribution in [1.82, 2.24) is 46.2 Å². The molecule has 4 unspecified atom stereocenters. The van der Waals surface area contributed by atoms with Gasteiger partial charge in [0, 0.05) is 51.1 Å². The Labute approximate surface area is 568 Å². The molecule has 0 aromatic heterocycles. The molecule has 4 aliphatic heterocycles. The minimum Gasteiger partial charge on any atom is -0.480 e. The average molecular weight is 1370 g/mol. The van der Waals surface area contributed by atoms with E-state index < -0.39 is 157 Å². The molecule has 4 fully saturated rings. The first kappa shape index (κ1) is 74.8. The van der Waals surface area contributed by atoms with Crippen LogP contribution in [0.2, 0.25) is 0 Å². The standard InChI is InChI=1S/C66H97N17O15/c67-24-10-9-19-42(68)55(87)78-45(56(88)79-47(35-85)60(92)81-33-41-18-4-2-14-37(41)28-53(81)62(94)83-49-23-8-6-16-39(49)30-51(83)58(90)77-44(64(97)98)21-12-26-74-66(71)72)31-54(86)75-46(34-84)59(91)80-32-40-17-3-1-13-36(40)27-52(80)61(93)82-48-22-7-5-15-38(48)29-50(82)57(89)76-43(63(95)96)20-11-25-73-65(69)70/h1-4,13-14,17-18,38-39,42-53,84-85H,5-12,15-16,19-35,67-68H2,(H,75,86)(H,76,89)(H,77,90)(H,78,87)(H,79,88)(H,95,96)(H,97,98)(H4,69,70,73)(H4,71,72,74)/t38?,39?,42-,43-,44-,45+,46-,47-,48?,49?,50-,51-,52+,53+/m0/s1. The number of amides is 9. The molecule has 2 aromatic carbocycles. The number of carbonyl (C=O) groups is 11. The molecule has 6 aliphatic rings. The number of nitrogens with one attached hydrogen (secondary N) is 5. The molecule has 32 nitrogen and oxygen atoms in total. The molecule has 4 heterocycles. The normalized spacial score (nSPS) is 23.4. The molecule has 2 aromatic rings. The quantitative estimate of drug-likeness (QED) is 0.0200. The summed E-state index contributed by atoms with van der Waals surface area (Å²) in [7, 11) is 0. The lowest BCUT2D eigenvalue weighted by Crippen LogP contribution is -2.63. The maximum Gasteiger partial charge on any atom is 0.326 e. The van der Waals surface area contributed by atoms with Crippen LogP contribution >= 0.6 is 0 Å². The Kier molecular flexibility index (Phi) is 26.7. The van der Waals surface area contributed by atoms with Crippen LogP contribution in [0.3, 0.4) is 0 Å². The van der Waals surface area contributed by atoms with Crippen molar-refractivity contribution in [2.75, 3.05) is 32.8 Å². The van der Waals surface area contributed by atoms with Crippen LogP contribution in [0.1, 0.15) is 138 Å².